The van der Waals surface area contributed by atoms with Crippen molar-refractivity contribution in [3.05, 3.63) is 29.8 Å². The lowest BCUT2D eigenvalue weighted by Crippen LogP contribution is -2.52. The number of benzene rings is 1. The first-order chi connectivity index (χ1) is 13.0. The molecule has 0 aromatic heterocycles. The van der Waals surface area contributed by atoms with Crippen LogP contribution in [0, 0.1) is 0 Å². The zero-order valence-electron chi connectivity index (χ0n) is 16.4. The van der Waals surface area contributed by atoms with E-state index in [-0.39, 0.29) is 11.7 Å². The summed E-state index contributed by atoms with van der Waals surface area (Å²) in [6, 6.07) is 7.06. The molecule has 1 aliphatic heterocycles. The Hall–Kier alpha value is -1.60. The number of sulfonamides is 1. The molecule has 152 valence electrons. The Bertz CT molecular complexity index is 706. The molecule has 2 rings (SSSR count). The van der Waals surface area contributed by atoms with Crippen LogP contribution in [0.3, 0.4) is 0 Å². The number of unbranched alkanes of at least 4 members (excludes halogenated alkanes) is 1. The van der Waals surface area contributed by atoms with Gasteiger partial charge in [0.25, 0.3) is 0 Å². The van der Waals surface area contributed by atoms with Crippen molar-refractivity contribution in [2.45, 2.75) is 65.0 Å². The highest BCUT2D eigenvalue weighted by atomic mass is 32.2. The van der Waals surface area contributed by atoms with Gasteiger partial charge < -0.3 is 10.1 Å². The average Bonchev–Trinajstić information content (AvgIpc) is 2.67. The molecule has 0 spiro atoms. The van der Waals surface area contributed by atoms with Crippen LogP contribution < -0.4 is 10.1 Å². The number of rotatable bonds is 10. The summed E-state index contributed by atoms with van der Waals surface area (Å²) in [6.07, 6.45) is 4.90. The highest BCUT2D eigenvalue weighted by molar-refractivity contribution is 7.89. The van der Waals surface area contributed by atoms with Gasteiger partial charge in [0.1, 0.15) is 11.8 Å². The molecule has 7 heteroatoms. The van der Waals surface area contributed by atoms with E-state index in [0.717, 1.165) is 37.0 Å². The van der Waals surface area contributed by atoms with E-state index in [1.165, 1.54) is 4.31 Å². The predicted molar refractivity (Wildman–Crippen MR) is 107 cm³/mol. The van der Waals surface area contributed by atoms with Crippen molar-refractivity contribution in [2.24, 2.45) is 0 Å². The minimum absolute atomic E-state index is 0.0912. The number of hydrogen-bond acceptors (Lipinski definition) is 4. The number of ether oxygens (including phenoxy) is 1. The number of carbonyl (C=O) groups is 1. The van der Waals surface area contributed by atoms with Crippen LogP contribution in [0.5, 0.6) is 5.75 Å². The maximum atomic E-state index is 12.7. The lowest BCUT2D eigenvalue weighted by molar-refractivity contribution is -0.125. The third-order valence-corrected chi connectivity index (χ3v) is 6.78. The van der Waals surface area contributed by atoms with Crippen molar-refractivity contribution in [3.8, 4) is 5.75 Å². The molecule has 1 amide bonds. The Kier molecular flexibility index (Phi) is 8.57. The monoisotopic (exact) mass is 396 g/mol. The normalized spacial score (nSPS) is 18.2. The Morgan fingerprint density at radius 2 is 2.07 bits per heavy atom. The minimum atomic E-state index is -3.38. The van der Waals surface area contributed by atoms with Crippen molar-refractivity contribution in [1.29, 1.82) is 0 Å². The molecule has 0 radical (unpaired) electrons. The highest BCUT2D eigenvalue weighted by Crippen LogP contribution is 2.22. The van der Waals surface area contributed by atoms with Crippen molar-refractivity contribution in [2.75, 3.05) is 18.9 Å². The van der Waals surface area contributed by atoms with Gasteiger partial charge in [0.15, 0.2) is 0 Å². The fourth-order valence-corrected chi connectivity index (χ4v) is 5.01. The predicted octanol–water partition coefficient (Wildman–Crippen LogP) is 3.08. The molecule has 1 N–H and O–H groups in total. The van der Waals surface area contributed by atoms with Gasteiger partial charge in [0, 0.05) is 13.1 Å². The first kappa shape index (κ1) is 21.7. The second kappa shape index (κ2) is 10.7. The number of hydrogen-bond donors (Lipinski definition) is 1. The molecule has 1 aliphatic rings. The van der Waals surface area contributed by atoms with Crippen LogP contribution in [0.4, 0.5) is 0 Å². The average molecular weight is 397 g/mol. The van der Waals surface area contributed by atoms with Crippen molar-refractivity contribution in [1.82, 2.24) is 9.62 Å². The van der Waals surface area contributed by atoms with Gasteiger partial charge in [-0.1, -0.05) is 38.8 Å². The smallest absolute Gasteiger partial charge is 0.238 e. The van der Waals surface area contributed by atoms with E-state index >= 15 is 0 Å². The number of nitrogens with zero attached hydrogens (tertiary/aromatic N) is 1. The van der Waals surface area contributed by atoms with Crippen molar-refractivity contribution < 1.29 is 17.9 Å². The van der Waals surface area contributed by atoms with E-state index in [9.17, 15) is 13.2 Å². The van der Waals surface area contributed by atoms with Gasteiger partial charge in [-0.15, -0.1) is 0 Å². The van der Waals surface area contributed by atoms with Gasteiger partial charge in [0.2, 0.25) is 15.9 Å². The third kappa shape index (κ3) is 6.50. The van der Waals surface area contributed by atoms with E-state index in [1.807, 2.05) is 31.2 Å². The number of carbonyl (C=O) groups excluding carboxylic acids is 1. The second-order valence-corrected chi connectivity index (χ2v) is 9.05. The summed E-state index contributed by atoms with van der Waals surface area (Å²) >= 11 is 0. The van der Waals surface area contributed by atoms with E-state index < -0.39 is 16.1 Å². The summed E-state index contributed by atoms with van der Waals surface area (Å²) in [5.74, 6) is 0.667. The Morgan fingerprint density at radius 1 is 1.26 bits per heavy atom. The van der Waals surface area contributed by atoms with Crippen LogP contribution in [0.15, 0.2) is 24.3 Å². The molecule has 1 fully saturated rings. The van der Waals surface area contributed by atoms with Gasteiger partial charge >= 0.3 is 0 Å². The lowest BCUT2D eigenvalue weighted by atomic mass is 10.0. The zero-order valence-corrected chi connectivity index (χ0v) is 17.3. The molecule has 1 aromatic rings. The van der Waals surface area contributed by atoms with Crippen LogP contribution in [-0.2, 0) is 21.4 Å². The molecule has 27 heavy (non-hydrogen) atoms. The largest absolute Gasteiger partial charge is 0.494 e. The summed E-state index contributed by atoms with van der Waals surface area (Å²) in [4.78, 5) is 12.7. The Morgan fingerprint density at radius 3 is 2.81 bits per heavy atom. The molecular weight excluding hydrogens is 364 g/mol. The molecule has 0 bridgehead atoms. The first-order valence-corrected chi connectivity index (χ1v) is 11.6. The number of amides is 1. The molecule has 1 atom stereocenters. The fraction of sp³-hybridized carbons (Fsp3) is 0.650. The van der Waals surface area contributed by atoms with E-state index in [1.54, 1.807) is 0 Å². The fourth-order valence-electron chi connectivity index (χ4n) is 3.26. The molecular formula is C20H32N2O4S. The maximum Gasteiger partial charge on any atom is 0.238 e. The molecule has 1 heterocycles. The van der Waals surface area contributed by atoms with Crippen LogP contribution in [-0.4, -0.2) is 43.6 Å². The first-order valence-electron chi connectivity index (χ1n) is 9.97. The van der Waals surface area contributed by atoms with Crippen LogP contribution in [0.2, 0.25) is 0 Å². The Balaban J connectivity index is 1.96. The molecule has 0 saturated carbocycles. The summed E-state index contributed by atoms with van der Waals surface area (Å²) < 4.78 is 32.0. The zero-order chi connectivity index (χ0) is 19.7. The van der Waals surface area contributed by atoms with Gasteiger partial charge in [-0.25, -0.2) is 8.42 Å². The molecule has 1 unspecified atom stereocenters. The van der Waals surface area contributed by atoms with Gasteiger partial charge in [-0.2, -0.15) is 4.31 Å². The SMILES string of the molecule is CCCCOc1cccc(CNC(=O)C2CCCCN2S(=O)(=O)CCC)c1. The van der Waals surface area contributed by atoms with E-state index in [4.69, 9.17) is 4.74 Å². The molecule has 1 saturated heterocycles. The second-order valence-electron chi connectivity index (χ2n) is 7.01. The summed E-state index contributed by atoms with van der Waals surface area (Å²) in [7, 11) is -3.38. The van der Waals surface area contributed by atoms with Crippen LogP contribution >= 0.6 is 0 Å². The maximum absolute atomic E-state index is 12.7. The van der Waals surface area contributed by atoms with E-state index in [0.29, 0.717) is 32.5 Å². The quantitative estimate of drug-likeness (QED) is 0.617. The van der Waals surface area contributed by atoms with E-state index in [2.05, 4.69) is 12.2 Å². The molecule has 6 nitrogen and oxygen atoms in total. The van der Waals surface area contributed by atoms with Crippen molar-refractivity contribution >= 4 is 15.9 Å². The lowest BCUT2D eigenvalue weighted by Gasteiger charge is -2.33. The van der Waals surface area contributed by atoms with Crippen LogP contribution in [0.25, 0.3) is 0 Å². The van der Waals surface area contributed by atoms with Gasteiger partial charge in [-0.05, 0) is 43.4 Å². The van der Waals surface area contributed by atoms with Crippen molar-refractivity contribution in [3.63, 3.8) is 0 Å². The number of nitrogens with one attached hydrogen (secondary N) is 1. The Labute approximate surface area is 163 Å². The summed E-state index contributed by atoms with van der Waals surface area (Å²) in [6.45, 7) is 5.43. The summed E-state index contributed by atoms with van der Waals surface area (Å²) in [5.41, 5.74) is 0.941. The molecule has 0 aliphatic carbocycles. The van der Waals surface area contributed by atoms with Gasteiger partial charge in [-0.3, -0.25) is 4.79 Å². The standard InChI is InChI=1S/C20H32N2O4S/c1-3-5-13-26-18-10-8-9-17(15-18)16-21-20(23)19-11-6-7-12-22(19)27(24,25)14-4-2/h8-10,15,19H,3-7,11-14,16H2,1-2H3,(H,21,23). The summed E-state index contributed by atoms with van der Waals surface area (Å²) in [5, 5.41) is 2.91. The van der Waals surface area contributed by atoms with Gasteiger partial charge in [0.05, 0.1) is 12.4 Å². The third-order valence-electron chi connectivity index (χ3n) is 4.71. The topological polar surface area (TPSA) is 75.7 Å². The number of piperidine rings is 1. The minimum Gasteiger partial charge on any atom is -0.494 e. The molecule has 1 aromatic carbocycles. The van der Waals surface area contributed by atoms with Crippen LogP contribution in [0.1, 0.15) is 57.9 Å². The highest BCUT2D eigenvalue weighted by Gasteiger charge is 2.35.